The lowest BCUT2D eigenvalue weighted by atomic mass is 10.1. The second-order valence-corrected chi connectivity index (χ2v) is 7.55. The molecule has 3 rings (SSSR count). The van der Waals surface area contributed by atoms with Crippen LogP contribution in [0.4, 0.5) is 4.79 Å². The molecule has 0 spiro atoms. The van der Waals surface area contributed by atoms with Crippen molar-refractivity contribution in [3.8, 4) is 0 Å². The van der Waals surface area contributed by atoms with Crippen molar-refractivity contribution in [2.45, 2.75) is 20.8 Å². The molecule has 29 heavy (non-hydrogen) atoms. The van der Waals surface area contributed by atoms with Crippen LogP contribution in [0.5, 0.6) is 0 Å². The van der Waals surface area contributed by atoms with Gasteiger partial charge in [-0.25, -0.2) is 0 Å². The average molecular weight is 412 g/mol. The summed E-state index contributed by atoms with van der Waals surface area (Å²) in [7, 11) is 0. The number of rotatable bonds is 6. The zero-order chi connectivity index (χ0) is 21.1. The number of pyridine rings is 1. The largest absolute Gasteiger partial charge is 0.354 e. The number of carbonyl (C=O) groups excluding carboxylic acids is 4. The SMILES string of the molecule is CC(=O)c1c(C)[nH]c(C(=O)NCCN2C(=O)SC(=Cc3cccnc3)C2=O)c1C. The van der Waals surface area contributed by atoms with Gasteiger partial charge < -0.3 is 10.3 Å². The molecule has 0 bridgehead atoms. The van der Waals surface area contributed by atoms with E-state index in [0.717, 1.165) is 22.2 Å². The third-order valence-electron chi connectivity index (χ3n) is 4.49. The number of aryl methyl sites for hydroxylation is 1. The van der Waals surface area contributed by atoms with Gasteiger partial charge in [0, 0.05) is 36.7 Å². The molecule has 9 heteroatoms. The number of carbonyl (C=O) groups is 4. The zero-order valence-electron chi connectivity index (χ0n) is 16.2. The van der Waals surface area contributed by atoms with Crippen molar-refractivity contribution in [2.75, 3.05) is 13.1 Å². The van der Waals surface area contributed by atoms with Crippen LogP contribution >= 0.6 is 11.8 Å². The summed E-state index contributed by atoms with van der Waals surface area (Å²) in [4.78, 5) is 57.1. The molecule has 2 aromatic rings. The minimum Gasteiger partial charge on any atom is -0.354 e. The maximum Gasteiger partial charge on any atom is 0.293 e. The number of amides is 3. The molecule has 3 amide bonds. The van der Waals surface area contributed by atoms with E-state index in [4.69, 9.17) is 0 Å². The molecule has 1 aliphatic heterocycles. The fraction of sp³-hybridized carbons (Fsp3) is 0.250. The third kappa shape index (κ3) is 4.29. The summed E-state index contributed by atoms with van der Waals surface area (Å²) in [6.45, 7) is 5.04. The summed E-state index contributed by atoms with van der Waals surface area (Å²) in [5, 5.41) is 2.30. The molecule has 0 radical (unpaired) electrons. The summed E-state index contributed by atoms with van der Waals surface area (Å²) >= 11 is 0.857. The van der Waals surface area contributed by atoms with Gasteiger partial charge >= 0.3 is 0 Å². The Kier molecular flexibility index (Phi) is 5.97. The average Bonchev–Trinajstić information content (AvgIpc) is 3.12. The second kappa shape index (κ2) is 8.44. The number of hydrogen-bond acceptors (Lipinski definition) is 6. The molecule has 3 heterocycles. The van der Waals surface area contributed by atoms with Crippen molar-refractivity contribution in [3.05, 3.63) is 57.5 Å². The van der Waals surface area contributed by atoms with Crippen LogP contribution in [-0.4, -0.2) is 50.8 Å². The van der Waals surface area contributed by atoms with Gasteiger partial charge in [-0.05, 0) is 55.8 Å². The molecule has 8 nitrogen and oxygen atoms in total. The number of imide groups is 1. The fourth-order valence-electron chi connectivity index (χ4n) is 3.18. The van der Waals surface area contributed by atoms with Gasteiger partial charge in [0.15, 0.2) is 5.78 Å². The van der Waals surface area contributed by atoms with Crippen LogP contribution in [0, 0.1) is 13.8 Å². The molecule has 0 saturated carbocycles. The summed E-state index contributed by atoms with van der Waals surface area (Å²) in [6.07, 6.45) is 4.84. The first-order chi connectivity index (χ1) is 13.8. The zero-order valence-corrected chi connectivity index (χ0v) is 17.1. The highest BCUT2D eigenvalue weighted by molar-refractivity contribution is 8.18. The molecule has 2 aromatic heterocycles. The van der Waals surface area contributed by atoms with Gasteiger partial charge in [-0.3, -0.25) is 29.1 Å². The Bertz CT molecular complexity index is 1030. The Labute approximate surface area is 171 Å². The minimum atomic E-state index is -0.399. The van der Waals surface area contributed by atoms with Gasteiger partial charge in [0.1, 0.15) is 5.69 Å². The Morgan fingerprint density at radius 3 is 2.69 bits per heavy atom. The van der Waals surface area contributed by atoms with E-state index >= 15 is 0 Å². The van der Waals surface area contributed by atoms with Crippen LogP contribution in [-0.2, 0) is 4.79 Å². The number of aromatic amines is 1. The minimum absolute atomic E-state index is 0.0547. The molecular formula is C20H20N4O4S. The van der Waals surface area contributed by atoms with E-state index in [0.29, 0.717) is 27.4 Å². The Morgan fingerprint density at radius 1 is 1.31 bits per heavy atom. The Morgan fingerprint density at radius 2 is 2.07 bits per heavy atom. The van der Waals surface area contributed by atoms with Gasteiger partial charge in [0.25, 0.3) is 17.1 Å². The number of hydrogen-bond donors (Lipinski definition) is 2. The molecule has 2 N–H and O–H groups in total. The number of Topliss-reactive ketones (excluding diaryl/α,β-unsaturated/α-hetero) is 1. The molecule has 150 valence electrons. The normalized spacial score (nSPS) is 15.3. The van der Waals surface area contributed by atoms with E-state index in [-0.39, 0.29) is 24.1 Å². The highest BCUT2D eigenvalue weighted by Crippen LogP contribution is 2.31. The lowest BCUT2D eigenvalue weighted by Crippen LogP contribution is -2.37. The van der Waals surface area contributed by atoms with Gasteiger partial charge in [-0.15, -0.1) is 0 Å². The van der Waals surface area contributed by atoms with Crippen LogP contribution < -0.4 is 5.32 Å². The number of nitrogens with zero attached hydrogens (tertiary/aromatic N) is 2. The summed E-state index contributed by atoms with van der Waals surface area (Å²) in [5.74, 6) is -0.909. The molecule has 1 fully saturated rings. The van der Waals surface area contributed by atoms with Crippen LogP contribution in [0.2, 0.25) is 0 Å². The predicted molar refractivity (Wildman–Crippen MR) is 110 cm³/mol. The first-order valence-electron chi connectivity index (χ1n) is 8.93. The lowest BCUT2D eigenvalue weighted by molar-refractivity contribution is -0.122. The highest BCUT2D eigenvalue weighted by Gasteiger charge is 2.34. The van der Waals surface area contributed by atoms with Gasteiger partial charge in [-0.1, -0.05) is 6.07 Å². The summed E-state index contributed by atoms with van der Waals surface area (Å²) in [6, 6.07) is 3.53. The van der Waals surface area contributed by atoms with Crippen molar-refractivity contribution in [1.29, 1.82) is 0 Å². The van der Waals surface area contributed by atoms with Gasteiger partial charge in [-0.2, -0.15) is 0 Å². The fourth-order valence-corrected chi connectivity index (χ4v) is 4.05. The predicted octanol–water partition coefficient (Wildman–Crippen LogP) is 2.70. The molecule has 1 aliphatic rings. The van der Waals surface area contributed by atoms with E-state index < -0.39 is 11.8 Å². The maximum absolute atomic E-state index is 12.5. The number of aromatic nitrogens is 2. The first-order valence-corrected chi connectivity index (χ1v) is 9.75. The highest BCUT2D eigenvalue weighted by atomic mass is 32.2. The Balaban J connectivity index is 1.62. The summed E-state index contributed by atoms with van der Waals surface area (Å²) in [5.41, 5.74) is 2.75. The molecule has 0 unspecified atom stereocenters. The van der Waals surface area contributed by atoms with Crippen molar-refractivity contribution in [3.63, 3.8) is 0 Å². The van der Waals surface area contributed by atoms with E-state index in [2.05, 4.69) is 15.3 Å². The third-order valence-corrected chi connectivity index (χ3v) is 5.40. The smallest absolute Gasteiger partial charge is 0.293 e. The van der Waals surface area contributed by atoms with Crippen molar-refractivity contribution in [1.82, 2.24) is 20.2 Å². The standard InChI is InChI=1S/C20H20N4O4S/c1-11-16(13(3)25)12(2)23-17(11)18(26)22-7-8-24-19(27)15(29-20(24)28)9-14-5-4-6-21-10-14/h4-6,9-10,23H,7-8H2,1-3H3,(H,22,26). The lowest BCUT2D eigenvalue weighted by Gasteiger charge is -2.13. The second-order valence-electron chi connectivity index (χ2n) is 6.56. The molecule has 0 aromatic carbocycles. The maximum atomic E-state index is 12.5. The van der Waals surface area contributed by atoms with Crippen LogP contribution in [0.3, 0.4) is 0 Å². The topological polar surface area (TPSA) is 112 Å². The van der Waals surface area contributed by atoms with Crippen molar-refractivity contribution in [2.24, 2.45) is 0 Å². The quantitative estimate of drug-likeness (QED) is 0.557. The Hall–Kier alpha value is -3.20. The van der Waals surface area contributed by atoms with Gasteiger partial charge in [0.05, 0.1) is 4.91 Å². The van der Waals surface area contributed by atoms with Gasteiger partial charge in [0.2, 0.25) is 0 Å². The number of ketones is 1. The first kappa shape index (κ1) is 20.5. The van der Waals surface area contributed by atoms with Crippen LogP contribution in [0.1, 0.15) is 44.6 Å². The molecule has 0 aliphatic carbocycles. The number of H-pyrrole nitrogens is 1. The summed E-state index contributed by atoms with van der Waals surface area (Å²) < 4.78 is 0. The van der Waals surface area contributed by atoms with Crippen molar-refractivity contribution >= 4 is 40.7 Å². The molecular weight excluding hydrogens is 392 g/mol. The van der Waals surface area contributed by atoms with Crippen molar-refractivity contribution < 1.29 is 19.2 Å². The van der Waals surface area contributed by atoms with E-state index in [9.17, 15) is 19.2 Å². The number of nitrogens with one attached hydrogen (secondary N) is 2. The van der Waals surface area contributed by atoms with E-state index in [1.54, 1.807) is 44.4 Å². The monoisotopic (exact) mass is 412 g/mol. The van der Waals surface area contributed by atoms with E-state index in [1.807, 2.05) is 0 Å². The van der Waals surface area contributed by atoms with Crippen LogP contribution in [0.25, 0.3) is 6.08 Å². The molecule has 0 atom stereocenters. The van der Waals surface area contributed by atoms with Crippen LogP contribution in [0.15, 0.2) is 29.4 Å². The number of thioether (sulfide) groups is 1. The van der Waals surface area contributed by atoms with E-state index in [1.165, 1.54) is 6.92 Å². The molecule has 1 saturated heterocycles.